The summed E-state index contributed by atoms with van der Waals surface area (Å²) in [6.07, 6.45) is 2.77. The zero-order valence-electron chi connectivity index (χ0n) is 19.7. The maximum absolute atomic E-state index is 13.2. The highest BCUT2D eigenvalue weighted by atomic mass is 16.5. The summed E-state index contributed by atoms with van der Waals surface area (Å²) in [5.74, 6) is 0.951. The molecule has 1 amide bonds. The maximum Gasteiger partial charge on any atom is 0.256 e. The Morgan fingerprint density at radius 2 is 1.79 bits per heavy atom. The molecule has 0 radical (unpaired) electrons. The second-order valence-corrected chi connectivity index (χ2v) is 9.70. The Balaban J connectivity index is 1.61. The summed E-state index contributed by atoms with van der Waals surface area (Å²) in [5.41, 5.74) is 1.00. The molecule has 1 aliphatic carbocycles. The second-order valence-electron chi connectivity index (χ2n) is 9.70. The quantitative estimate of drug-likeness (QED) is 0.661. The minimum Gasteiger partial charge on any atom is -0.493 e. The van der Waals surface area contributed by atoms with Gasteiger partial charge < -0.3 is 24.6 Å². The van der Waals surface area contributed by atoms with Gasteiger partial charge in [-0.05, 0) is 55.9 Å². The summed E-state index contributed by atoms with van der Waals surface area (Å²) in [4.78, 5) is 14.9. The molecule has 6 heteroatoms. The molecular weight excluding hydrogens is 418 g/mol. The van der Waals surface area contributed by atoms with Crippen molar-refractivity contribution < 1.29 is 24.5 Å². The first kappa shape index (κ1) is 23.6. The van der Waals surface area contributed by atoms with Crippen molar-refractivity contribution in [2.45, 2.75) is 63.8 Å². The van der Waals surface area contributed by atoms with Gasteiger partial charge in [-0.25, -0.2) is 0 Å². The molecule has 1 unspecified atom stereocenters. The first-order valence-electron chi connectivity index (χ1n) is 11.9. The summed E-state index contributed by atoms with van der Waals surface area (Å²) in [6.45, 7) is 4.56. The van der Waals surface area contributed by atoms with E-state index in [1.807, 2.05) is 43.3 Å². The number of hydrogen-bond donors (Lipinski definition) is 2. The predicted octanol–water partition coefficient (Wildman–Crippen LogP) is 4.06. The molecule has 2 fully saturated rings. The molecule has 4 atom stereocenters. The lowest BCUT2D eigenvalue weighted by Gasteiger charge is -2.34. The van der Waals surface area contributed by atoms with E-state index in [2.05, 4.69) is 0 Å². The summed E-state index contributed by atoms with van der Waals surface area (Å²) in [7, 11) is 1.64. The standard InChI is InChI=1S/C27H35NO5/c1-18(29)27(2)17-28(26(31)25(30)19-9-5-4-6-10-19)16-22(27)20-13-14-23(32-3)24(15-20)33-21-11-7-8-12-21/h4-6,9-10,13-15,18,21-22,25,29-30H,7-8,11-12,16-17H2,1-3H3/t18-,22+,25?,27+/m1/s1. The molecule has 2 aromatic rings. The van der Waals surface area contributed by atoms with Gasteiger partial charge in [-0.3, -0.25) is 4.79 Å². The molecule has 1 saturated carbocycles. The first-order valence-corrected chi connectivity index (χ1v) is 11.9. The summed E-state index contributed by atoms with van der Waals surface area (Å²) >= 11 is 0. The van der Waals surface area contributed by atoms with E-state index in [0.29, 0.717) is 30.2 Å². The van der Waals surface area contributed by atoms with Gasteiger partial charge in [-0.15, -0.1) is 0 Å². The van der Waals surface area contributed by atoms with Gasteiger partial charge in [0.1, 0.15) is 0 Å². The van der Waals surface area contributed by atoms with Crippen molar-refractivity contribution in [2.24, 2.45) is 5.41 Å². The molecule has 0 bridgehead atoms. The highest BCUT2D eigenvalue weighted by Crippen LogP contribution is 2.47. The van der Waals surface area contributed by atoms with Crippen LogP contribution in [0.4, 0.5) is 0 Å². The topological polar surface area (TPSA) is 79.2 Å². The lowest BCUT2D eigenvalue weighted by atomic mass is 9.72. The predicted molar refractivity (Wildman–Crippen MR) is 126 cm³/mol. The van der Waals surface area contributed by atoms with Gasteiger partial charge in [0, 0.05) is 24.4 Å². The average molecular weight is 454 g/mol. The van der Waals surface area contributed by atoms with Gasteiger partial charge in [-0.1, -0.05) is 43.3 Å². The van der Waals surface area contributed by atoms with E-state index in [1.54, 1.807) is 31.1 Å². The number of aliphatic hydroxyl groups excluding tert-OH is 2. The number of carbonyl (C=O) groups is 1. The average Bonchev–Trinajstić information content (AvgIpc) is 3.47. The van der Waals surface area contributed by atoms with Crippen LogP contribution in [0.3, 0.4) is 0 Å². The molecular formula is C27H35NO5. The van der Waals surface area contributed by atoms with E-state index in [4.69, 9.17) is 9.47 Å². The number of carbonyl (C=O) groups excluding carboxylic acids is 1. The fourth-order valence-corrected chi connectivity index (χ4v) is 5.23. The highest BCUT2D eigenvalue weighted by molar-refractivity contribution is 5.82. The number of benzene rings is 2. The van der Waals surface area contributed by atoms with Crippen molar-refractivity contribution in [1.82, 2.24) is 4.90 Å². The van der Waals surface area contributed by atoms with Gasteiger partial charge in [0.25, 0.3) is 5.91 Å². The monoisotopic (exact) mass is 453 g/mol. The Hall–Kier alpha value is -2.57. The van der Waals surface area contributed by atoms with Gasteiger partial charge in [0.2, 0.25) is 0 Å². The first-order chi connectivity index (χ1) is 15.8. The van der Waals surface area contributed by atoms with Crippen LogP contribution in [-0.2, 0) is 4.79 Å². The van der Waals surface area contributed by atoms with E-state index < -0.39 is 17.6 Å². The second kappa shape index (κ2) is 9.74. The lowest BCUT2D eigenvalue weighted by molar-refractivity contribution is -0.140. The van der Waals surface area contributed by atoms with Crippen molar-refractivity contribution in [3.8, 4) is 11.5 Å². The Labute approximate surface area is 196 Å². The summed E-state index contributed by atoms with van der Waals surface area (Å²) in [5, 5.41) is 21.4. The molecule has 6 nitrogen and oxygen atoms in total. The normalized spacial score (nSPS) is 25.1. The number of aliphatic hydroxyl groups is 2. The Morgan fingerprint density at radius 3 is 2.42 bits per heavy atom. The van der Waals surface area contributed by atoms with Crippen LogP contribution in [0.15, 0.2) is 48.5 Å². The number of rotatable bonds is 7. The van der Waals surface area contributed by atoms with Crippen LogP contribution >= 0.6 is 0 Å². The fraction of sp³-hybridized carbons (Fsp3) is 0.519. The zero-order chi connectivity index (χ0) is 23.6. The van der Waals surface area contributed by atoms with Gasteiger partial charge >= 0.3 is 0 Å². The number of amides is 1. The molecule has 0 spiro atoms. The van der Waals surface area contributed by atoms with Crippen LogP contribution in [-0.4, -0.2) is 53.4 Å². The van der Waals surface area contributed by atoms with Crippen LogP contribution in [0.25, 0.3) is 0 Å². The lowest BCUT2D eigenvalue weighted by Crippen LogP contribution is -2.39. The Morgan fingerprint density at radius 1 is 1.09 bits per heavy atom. The van der Waals surface area contributed by atoms with Crippen LogP contribution in [0.2, 0.25) is 0 Å². The minimum atomic E-state index is -1.22. The van der Waals surface area contributed by atoms with Crippen molar-refractivity contribution in [1.29, 1.82) is 0 Å². The Bertz CT molecular complexity index is 956. The molecule has 178 valence electrons. The van der Waals surface area contributed by atoms with E-state index in [-0.39, 0.29) is 17.9 Å². The maximum atomic E-state index is 13.2. The smallest absolute Gasteiger partial charge is 0.256 e. The number of likely N-dealkylation sites (tertiary alicyclic amines) is 1. The number of hydrogen-bond acceptors (Lipinski definition) is 5. The van der Waals surface area contributed by atoms with Crippen molar-refractivity contribution in [2.75, 3.05) is 20.2 Å². The minimum absolute atomic E-state index is 0.110. The van der Waals surface area contributed by atoms with Gasteiger partial charge in [-0.2, -0.15) is 0 Å². The van der Waals surface area contributed by atoms with Crippen molar-refractivity contribution in [3.63, 3.8) is 0 Å². The number of ether oxygens (including phenoxy) is 2. The van der Waals surface area contributed by atoms with Crippen LogP contribution < -0.4 is 9.47 Å². The largest absolute Gasteiger partial charge is 0.493 e. The van der Waals surface area contributed by atoms with Gasteiger partial charge in [0.05, 0.1) is 19.3 Å². The van der Waals surface area contributed by atoms with E-state index >= 15 is 0 Å². The van der Waals surface area contributed by atoms with Crippen molar-refractivity contribution in [3.05, 3.63) is 59.7 Å². The molecule has 33 heavy (non-hydrogen) atoms. The SMILES string of the molecule is COc1ccc([C@@H]2CN(C(=O)C(O)c3ccccc3)C[C@@]2(C)[C@@H](C)O)cc1OC1CCCC1. The summed E-state index contributed by atoms with van der Waals surface area (Å²) in [6, 6.07) is 14.9. The third kappa shape index (κ3) is 4.73. The number of nitrogens with zero attached hydrogens (tertiary/aromatic N) is 1. The zero-order valence-corrected chi connectivity index (χ0v) is 19.7. The third-order valence-electron chi connectivity index (χ3n) is 7.53. The molecule has 2 aromatic carbocycles. The molecule has 0 aromatic heterocycles. The van der Waals surface area contributed by atoms with Gasteiger partial charge in [0.15, 0.2) is 17.6 Å². The van der Waals surface area contributed by atoms with Crippen LogP contribution in [0.1, 0.15) is 62.7 Å². The highest BCUT2D eigenvalue weighted by Gasteiger charge is 2.49. The van der Waals surface area contributed by atoms with E-state index in [1.165, 1.54) is 12.8 Å². The van der Waals surface area contributed by atoms with Crippen molar-refractivity contribution >= 4 is 5.91 Å². The van der Waals surface area contributed by atoms with E-state index in [9.17, 15) is 15.0 Å². The third-order valence-corrected chi connectivity index (χ3v) is 7.53. The molecule has 1 aliphatic heterocycles. The fourth-order valence-electron chi connectivity index (χ4n) is 5.23. The Kier molecular flexibility index (Phi) is 6.96. The van der Waals surface area contributed by atoms with Crippen LogP contribution in [0.5, 0.6) is 11.5 Å². The molecule has 1 heterocycles. The van der Waals surface area contributed by atoms with E-state index in [0.717, 1.165) is 18.4 Å². The molecule has 4 rings (SSSR count). The molecule has 1 saturated heterocycles. The van der Waals surface area contributed by atoms with Crippen LogP contribution in [0, 0.1) is 5.41 Å². The number of methoxy groups -OCH3 is 1. The summed E-state index contributed by atoms with van der Waals surface area (Å²) < 4.78 is 11.8. The molecule has 2 aliphatic rings. The molecule has 2 N–H and O–H groups in total.